The van der Waals surface area contributed by atoms with Crippen LogP contribution in [0.25, 0.3) is 11.6 Å². The largest absolute Gasteiger partial charge is 0.445 e. The van der Waals surface area contributed by atoms with E-state index in [0.29, 0.717) is 16.3 Å². The first-order valence-electron chi connectivity index (χ1n) is 5.26. The quantitative estimate of drug-likeness (QED) is 0.757. The van der Waals surface area contributed by atoms with Gasteiger partial charge in [-0.2, -0.15) is 0 Å². The van der Waals surface area contributed by atoms with Crippen LogP contribution in [0, 0.1) is 0 Å². The number of anilines is 1. The fourth-order valence-electron chi connectivity index (χ4n) is 1.46. The Labute approximate surface area is 130 Å². The van der Waals surface area contributed by atoms with Crippen LogP contribution in [0.15, 0.2) is 24.1 Å². The molecule has 4 nitrogen and oxygen atoms in total. The summed E-state index contributed by atoms with van der Waals surface area (Å²) in [7, 11) is 1.82. The minimum absolute atomic E-state index is 0.561. The van der Waals surface area contributed by atoms with Crippen molar-refractivity contribution in [1.82, 2.24) is 9.97 Å². The van der Waals surface area contributed by atoms with Gasteiger partial charge < -0.3 is 9.73 Å². The number of halogens is 3. The molecule has 1 N–H and O–H groups in total. The molecule has 0 saturated carbocycles. The molecule has 96 valence electrons. The first-order valence-corrected chi connectivity index (χ1v) is 7.64. The van der Waals surface area contributed by atoms with E-state index < -0.39 is 0 Å². The molecule has 0 amide bonds. The average molecular weight is 440 g/mol. The zero-order valence-electron chi connectivity index (χ0n) is 9.72. The van der Waals surface area contributed by atoms with Gasteiger partial charge in [0.15, 0.2) is 16.3 Å². The van der Waals surface area contributed by atoms with Crippen LogP contribution in [0.5, 0.6) is 0 Å². The Bertz CT molecular complexity index is 538. The molecule has 0 atom stereocenters. The summed E-state index contributed by atoms with van der Waals surface area (Å²) in [4.78, 5) is 8.91. The van der Waals surface area contributed by atoms with Crippen LogP contribution in [0.3, 0.4) is 0 Å². The number of aryl methyl sites for hydroxylation is 1. The molecule has 2 aromatic rings. The molecule has 0 aliphatic rings. The number of hydrogen-bond acceptors (Lipinski definition) is 4. The normalized spacial score (nSPS) is 10.7. The van der Waals surface area contributed by atoms with E-state index in [1.54, 1.807) is 0 Å². The number of aromatic nitrogens is 2. The Morgan fingerprint density at radius 1 is 1.28 bits per heavy atom. The molecule has 0 bridgehead atoms. The lowest BCUT2D eigenvalue weighted by Gasteiger charge is -2.08. The standard InChI is InChI=1S/C11H10Br3N3O/c1-3-6-8(13)11(15-2)17-10(16-6)7-4-5(12)9(14)18-7/h4H,3H2,1-2H3,(H,15,16,17). The lowest BCUT2D eigenvalue weighted by Crippen LogP contribution is -2.02. The van der Waals surface area contributed by atoms with Gasteiger partial charge in [0.25, 0.3) is 0 Å². The minimum atomic E-state index is 0.561. The van der Waals surface area contributed by atoms with Crippen molar-refractivity contribution in [2.45, 2.75) is 13.3 Å². The molecule has 0 aliphatic carbocycles. The summed E-state index contributed by atoms with van der Waals surface area (Å²) in [6, 6.07) is 1.84. The molecule has 7 heteroatoms. The summed E-state index contributed by atoms with van der Waals surface area (Å²) >= 11 is 10.2. The van der Waals surface area contributed by atoms with Gasteiger partial charge in [0, 0.05) is 13.1 Å². The second-order valence-corrected chi connectivity index (χ2v) is 5.86. The van der Waals surface area contributed by atoms with Crippen molar-refractivity contribution >= 4 is 53.6 Å². The predicted octanol–water partition coefficient (Wildman–Crippen LogP) is 4.63. The molecule has 0 unspecified atom stereocenters. The second kappa shape index (κ2) is 5.71. The van der Waals surface area contributed by atoms with Gasteiger partial charge in [-0.15, -0.1) is 0 Å². The molecule has 0 fully saturated rings. The highest BCUT2D eigenvalue weighted by Gasteiger charge is 2.15. The van der Waals surface area contributed by atoms with Crippen molar-refractivity contribution in [3.8, 4) is 11.6 Å². The molecule has 0 aromatic carbocycles. The smallest absolute Gasteiger partial charge is 0.198 e. The topological polar surface area (TPSA) is 51.0 Å². The van der Waals surface area contributed by atoms with Crippen LogP contribution >= 0.6 is 47.8 Å². The Hall–Kier alpha value is -0.400. The Kier molecular flexibility index (Phi) is 4.45. The van der Waals surface area contributed by atoms with Crippen LogP contribution in [0.4, 0.5) is 5.82 Å². The highest BCUT2D eigenvalue weighted by molar-refractivity contribution is 9.13. The van der Waals surface area contributed by atoms with Crippen molar-refractivity contribution in [3.05, 3.63) is 25.4 Å². The van der Waals surface area contributed by atoms with E-state index in [9.17, 15) is 0 Å². The van der Waals surface area contributed by atoms with E-state index in [1.165, 1.54) is 0 Å². The van der Waals surface area contributed by atoms with Crippen LogP contribution in [0.1, 0.15) is 12.6 Å². The third-order valence-corrected chi connectivity index (χ3v) is 4.90. The summed E-state index contributed by atoms with van der Waals surface area (Å²) in [6.07, 6.45) is 0.813. The molecule has 2 heterocycles. The van der Waals surface area contributed by atoms with Gasteiger partial charge in [0.05, 0.1) is 14.6 Å². The molecule has 0 saturated heterocycles. The highest BCUT2D eigenvalue weighted by atomic mass is 79.9. The Morgan fingerprint density at radius 3 is 2.50 bits per heavy atom. The third-order valence-electron chi connectivity index (χ3n) is 2.36. The maximum Gasteiger partial charge on any atom is 0.198 e. The van der Waals surface area contributed by atoms with Gasteiger partial charge in [0.2, 0.25) is 0 Å². The van der Waals surface area contributed by atoms with Crippen molar-refractivity contribution < 1.29 is 4.42 Å². The van der Waals surface area contributed by atoms with E-state index in [-0.39, 0.29) is 0 Å². The highest BCUT2D eigenvalue weighted by Crippen LogP contribution is 2.33. The van der Waals surface area contributed by atoms with Crippen molar-refractivity contribution in [1.29, 1.82) is 0 Å². The molecular weight excluding hydrogens is 430 g/mol. The predicted molar refractivity (Wildman–Crippen MR) is 81.8 cm³/mol. The van der Waals surface area contributed by atoms with Gasteiger partial charge in [-0.05, 0) is 54.2 Å². The van der Waals surface area contributed by atoms with Crippen molar-refractivity contribution in [2.24, 2.45) is 0 Å². The molecular formula is C11H10Br3N3O. The van der Waals surface area contributed by atoms with Gasteiger partial charge in [0.1, 0.15) is 5.82 Å². The number of rotatable bonds is 3. The van der Waals surface area contributed by atoms with Crippen molar-refractivity contribution in [2.75, 3.05) is 12.4 Å². The zero-order chi connectivity index (χ0) is 13.3. The maximum absolute atomic E-state index is 5.54. The summed E-state index contributed by atoms with van der Waals surface area (Å²) in [5.74, 6) is 1.93. The van der Waals surface area contributed by atoms with E-state index in [2.05, 4.69) is 63.1 Å². The van der Waals surface area contributed by atoms with Gasteiger partial charge in [-0.25, -0.2) is 9.97 Å². The van der Waals surface area contributed by atoms with E-state index >= 15 is 0 Å². The number of furan rings is 1. The maximum atomic E-state index is 5.54. The fraction of sp³-hybridized carbons (Fsp3) is 0.273. The Morgan fingerprint density at radius 2 is 2.00 bits per heavy atom. The number of nitrogens with one attached hydrogen (secondary N) is 1. The summed E-state index contributed by atoms with van der Waals surface area (Å²) in [5.41, 5.74) is 0.938. The van der Waals surface area contributed by atoms with E-state index in [1.807, 2.05) is 20.0 Å². The summed E-state index contributed by atoms with van der Waals surface area (Å²) < 4.78 is 7.90. The van der Waals surface area contributed by atoms with Crippen LogP contribution in [0.2, 0.25) is 0 Å². The molecule has 2 rings (SSSR count). The summed E-state index contributed by atoms with van der Waals surface area (Å²) in [6.45, 7) is 2.05. The van der Waals surface area contributed by atoms with Gasteiger partial charge in [-0.1, -0.05) is 6.92 Å². The lowest BCUT2D eigenvalue weighted by molar-refractivity contribution is 0.549. The lowest BCUT2D eigenvalue weighted by atomic mass is 10.3. The zero-order valence-corrected chi connectivity index (χ0v) is 14.5. The molecule has 18 heavy (non-hydrogen) atoms. The SMILES string of the molecule is CCc1nc(-c2cc(Br)c(Br)o2)nc(NC)c1Br. The minimum Gasteiger partial charge on any atom is -0.445 e. The second-order valence-electron chi connectivity index (χ2n) is 3.49. The van der Waals surface area contributed by atoms with Crippen LogP contribution in [-0.4, -0.2) is 17.0 Å². The van der Waals surface area contributed by atoms with Gasteiger partial charge in [-0.3, -0.25) is 0 Å². The van der Waals surface area contributed by atoms with Gasteiger partial charge >= 0.3 is 0 Å². The van der Waals surface area contributed by atoms with E-state index in [0.717, 1.165) is 26.9 Å². The average Bonchev–Trinajstić information content (AvgIpc) is 2.70. The third kappa shape index (κ3) is 2.62. The van der Waals surface area contributed by atoms with E-state index in [4.69, 9.17) is 4.42 Å². The molecule has 0 aliphatic heterocycles. The number of hydrogen-bond donors (Lipinski definition) is 1. The fourth-order valence-corrected chi connectivity index (χ4v) is 2.69. The monoisotopic (exact) mass is 437 g/mol. The van der Waals surface area contributed by atoms with Crippen LogP contribution < -0.4 is 5.32 Å². The van der Waals surface area contributed by atoms with Crippen molar-refractivity contribution in [3.63, 3.8) is 0 Å². The number of nitrogens with zero attached hydrogens (tertiary/aromatic N) is 2. The molecule has 0 radical (unpaired) electrons. The first kappa shape index (κ1) is 14.0. The van der Waals surface area contributed by atoms with Crippen LogP contribution in [-0.2, 0) is 6.42 Å². The Balaban J connectivity index is 2.57. The molecule has 0 spiro atoms. The first-order chi connectivity index (χ1) is 8.56. The summed E-state index contributed by atoms with van der Waals surface area (Å²) in [5, 5.41) is 3.04. The molecule has 2 aromatic heterocycles.